The van der Waals surface area contributed by atoms with Gasteiger partial charge in [-0.15, -0.1) is 0 Å². The van der Waals surface area contributed by atoms with Crippen LogP contribution in [0.1, 0.15) is 40.5 Å². The first-order valence-electron chi connectivity index (χ1n) is 7.07. The van der Waals surface area contributed by atoms with Crippen LogP contribution in [-0.2, 0) is 19.1 Å². The second kappa shape index (κ2) is 7.04. The molecule has 0 aromatic heterocycles. The number of esters is 1. The molecule has 1 heterocycles. The fourth-order valence-electron chi connectivity index (χ4n) is 2.09. The van der Waals surface area contributed by atoms with Gasteiger partial charge in [0, 0.05) is 13.1 Å². The molecule has 0 saturated carbocycles. The highest BCUT2D eigenvalue weighted by Gasteiger charge is 2.26. The summed E-state index contributed by atoms with van der Waals surface area (Å²) in [6.07, 6.45) is 1.45. The molecule has 0 aromatic carbocycles. The third-order valence-corrected chi connectivity index (χ3v) is 3.00. The quantitative estimate of drug-likeness (QED) is 0.769. The number of rotatable bonds is 4. The molecule has 0 radical (unpaired) electrons. The van der Waals surface area contributed by atoms with Gasteiger partial charge in [-0.2, -0.15) is 0 Å². The number of carbonyl (C=O) groups is 2. The Morgan fingerprint density at radius 1 is 1.30 bits per heavy atom. The molecule has 1 amide bonds. The van der Waals surface area contributed by atoms with Gasteiger partial charge in [-0.1, -0.05) is 0 Å². The van der Waals surface area contributed by atoms with Crippen molar-refractivity contribution in [3.8, 4) is 0 Å². The summed E-state index contributed by atoms with van der Waals surface area (Å²) in [7, 11) is 0. The molecule has 1 fully saturated rings. The highest BCUT2D eigenvalue weighted by Crippen LogP contribution is 2.15. The van der Waals surface area contributed by atoms with E-state index in [1.54, 1.807) is 11.8 Å². The second-order valence-electron chi connectivity index (χ2n) is 6.21. The SMILES string of the molecule is CC(N)C(=O)N1CCC(OCC(=O)OC(C)(C)C)CC1. The Kier molecular flexibility index (Phi) is 5.95. The molecule has 6 heteroatoms. The monoisotopic (exact) mass is 286 g/mol. The van der Waals surface area contributed by atoms with Crippen molar-refractivity contribution in [1.82, 2.24) is 4.90 Å². The molecule has 1 saturated heterocycles. The summed E-state index contributed by atoms with van der Waals surface area (Å²) in [6, 6.07) is -0.464. The van der Waals surface area contributed by atoms with Crippen molar-refractivity contribution in [2.24, 2.45) is 5.73 Å². The zero-order valence-electron chi connectivity index (χ0n) is 12.8. The summed E-state index contributed by atoms with van der Waals surface area (Å²) in [6.45, 7) is 8.37. The Morgan fingerprint density at radius 3 is 2.30 bits per heavy atom. The standard InChI is InChI=1S/C14H26N2O4/c1-10(15)13(18)16-7-5-11(6-8-16)19-9-12(17)20-14(2,3)4/h10-11H,5-9,15H2,1-4H3. The van der Waals surface area contributed by atoms with Crippen molar-refractivity contribution < 1.29 is 19.1 Å². The molecular weight excluding hydrogens is 260 g/mol. The van der Waals surface area contributed by atoms with Crippen LogP contribution in [0.4, 0.5) is 0 Å². The Hall–Kier alpha value is -1.14. The molecule has 6 nitrogen and oxygen atoms in total. The number of ether oxygens (including phenoxy) is 2. The van der Waals surface area contributed by atoms with Gasteiger partial charge in [0.2, 0.25) is 5.91 Å². The number of nitrogens with zero attached hydrogens (tertiary/aromatic N) is 1. The van der Waals surface area contributed by atoms with Crippen molar-refractivity contribution >= 4 is 11.9 Å². The minimum atomic E-state index is -0.493. The Morgan fingerprint density at radius 2 is 1.85 bits per heavy atom. The number of piperidine rings is 1. The van der Waals surface area contributed by atoms with Gasteiger partial charge in [-0.05, 0) is 40.5 Å². The maximum absolute atomic E-state index is 11.7. The van der Waals surface area contributed by atoms with E-state index in [1.807, 2.05) is 20.8 Å². The molecule has 0 bridgehead atoms. The van der Waals surface area contributed by atoms with Gasteiger partial charge in [0.05, 0.1) is 12.1 Å². The van der Waals surface area contributed by atoms with E-state index in [0.29, 0.717) is 13.1 Å². The lowest BCUT2D eigenvalue weighted by atomic mass is 10.1. The second-order valence-corrected chi connectivity index (χ2v) is 6.21. The maximum atomic E-state index is 11.7. The fraction of sp³-hybridized carbons (Fsp3) is 0.857. The molecule has 116 valence electrons. The maximum Gasteiger partial charge on any atom is 0.332 e. The molecule has 1 unspecified atom stereocenters. The van der Waals surface area contributed by atoms with Crippen molar-refractivity contribution in [2.75, 3.05) is 19.7 Å². The highest BCUT2D eigenvalue weighted by molar-refractivity contribution is 5.81. The van der Waals surface area contributed by atoms with E-state index in [4.69, 9.17) is 15.2 Å². The Labute approximate surface area is 120 Å². The lowest BCUT2D eigenvalue weighted by Crippen LogP contribution is -2.47. The Balaban J connectivity index is 2.26. The summed E-state index contributed by atoms with van der Waals surface area (Å²) >= 11 is 0. The van der Waals surface area contributed by atoms with E-state index in [0.717, 1.165) is 12.8 Å². The van der Waals surface area contributed by atoms with Gasteiger partial charge in [-0.3, -0.25) is 4.79 Å². The first-order chi connectivity index (χ1) is 9.19. The molecule has 1 atom stereocenters. The van der Waals surface area contributed by atoms with Crippen LogP contribution in [0.3, 0.4) is 0 Å². The van der Waals surface area contributed by atoms with E-state index in [1.165, 1.54) is 0 Å². The van der Waals surface area contributed by atoms with Crippen LogP contribution >= 0.6 is 0 Å². The number of carbonyl (C=O) groups excluding carboxylic acids is 2. The van der Waals surface area contributed by atoms with Crippen LogP contribution in [0.15, 0.2) is 0 Å². The van der Waals surface area contributed by atoms with Gasteiger partial charge in [0.1, 0.15) is 12.2 Å². The van der Waals surface area contributed by atoms with Gasteiger partial charge < -0.3 is 20.1 Å². The number of nitrogens with two attached hydrogens (primary N) is 1. The van der Waals surface area contributed by atoms with Crippen LogP contribution in [0, 0.1) is 0 Å². The zero-order valence-corrected chi connectivity index (χ0v) is 12.8. The lowest BCUT2D eigenvalue weighted by Gasteiger charge is -2.32. The number of likely N-dealkylation sites (tertiary alicyclic amines) is 1. The zero-order chi connectivity index (χ0) is 15.3. The van der Waals surface area contributed by atoms with Crippen molar-refractivity contribution in [2.45, 2.75) is 58.3 Å². The van der Waals surface area contributed by atoms with E-state index >= 15 is 0 Å². The number of hydrogen-bond donors (Lipinski definition) is 1. The number of hydrogen-bond acceptors (Lipinski definition) is 5. The summed E-state index contributed by atoms with van der Waals surface area (Å²) in [5, 5.41) is 0. The molecular formula is C14H26N2O4. The van der Waals surface area contributed by atoms with Crippen LogP contribution in [0.5, 0.6) is 0 Å². The molecule has 1 aliphatic heterocycles. The van der Waals surface area contributed by atoms with Crippen molar-refractivity contribution in [1.29, 1.82) is 0 Å². The molecule has 1 aliphatic rings. The van der Waals surface area contributed by atoms with Gasteiger partial charge in [-0.25, -0.2) is 4.79 Å². The first kappa shape index (κ1) is 16.9. The smallest absolute Gasteiger partial charge is 0.332 e. The topological polar surface area (TPSA) is 81.9 Å². The molecule has 0 spiro atoms. The largest absolute Gasteiger partial charge is 0.458 e. The predicted molar refractivity (Wildman–Crippen MR) is 75.0 cm³/mol. The summed E-state index contributed by atoms with van der Waals surface area (Å²) in [5.41, 5.74) is 5.08. The molecule has 1 rings (SSSR count). The van der Waals surface area contributed by atoms with E-state index in [2.05, 4.69) is 0 Å². The summed E-state index contributed by atoms with van der Waals surface area (Å²) < 4.78 is 10.7. The van der Waals surface area contributed by atoms with Crippen molar-refractivity contribution in [3.63, 3.8) is 0 Å². The normalized spacial score (nSPS) is 18.8. The summed E-state index contributed by atoms with van der Waals surface area (Å²) in [4.78, 5) is 25.0. The first-order valence-corrected chi connectivity index (χ1v) is 7.07. The van der Waals surface area contributed by atoms with Crippen LogP contribution in [0.2, 0.25) is 0 Å². The third kappa shape index (κ3) is 5.88. The van der Waals surface area contributed by atoms with Crippen molar-refractivity contribution in [3.05, 3.63) is 0 Å². The average Bonchev–Trinajstić information content (AvgIpc) is 2.34. The molecule has 0 aliphatic carbocycles. The average molecular weight is 286 g/mol. The molecule has 0 aromatic rings. The fourth-order valence-corrected chi connectivity index (χ4v) is 2.09. The van der Waals surface area contributed by atoms with E-state index in [-0.39, 0.29) is 24.6 Å². The van der Waals surface area contributed by atoms with Crippen LogP contribution in [-0.4, -0.2) is 54.2 Å². The van der Waals surface area contributed by atoms with Crippen LogP contribution in [0.25, 0.3) is 0 Å². The highest BCUT2D eigenvalue weighted by atomic mass is 16.6. The number of amides is 1. The Bertz CT molecular complexity index is 342. The van der Waals surface area contributed by atoms with E-state index in [9.17, 15) is 9.59 Å². The minimum Gasteiger partial charge on any atom is -0.458 e. The third-order valence-electron chi connectivity index (χ3n) is 3.00. The predicted octanol–water partition coefficient (Wildman–Crippen LogP) is 0.683. The van der Waals surface area contributed by atoms with Crippen LogP contribution < -0.4 is 5.73 Å². The minimum absolute atomic E-state index is 0.000325. The molecule has 2 N–H and O–H groups in total. The lowest BCUT2D eigenvalue weighted by molar-refractivity contribution is -0.163. The molecule has 20 heavy (non-hydrogen) atoms. The van der Waals surface area contributed by atoms with Gasteiger partial charge in [0.25, 0.3) is 0 Å². The van der Waals surface area contributed by atoms with E-state index < -0.39 is 11.6 Å². The van der Waals surface area contributed by atoms with Gasteiger partial charge >= 0.3 is 5.97 Å². The van der Waals surface area contributed by atoms with Gasteiger partial charge in [0.15, 0.2) is 0 Å². The summed E-state index contributed by atoms with van der Waals surface area (Å²) in [5.74, 6) is -0.387.